The Hall–Kier alpha value is -2.78. The van der Waals surface area contributed by atoms with Gasteiger partial charge >= 0.3 is 0 Å². The maximum absolute atomic E-state index is 9.08. The number of benzene rings is 1. The van der Waals surface area contributed by atoms with Gasteiger partial charge in [-0.25, -0.2) is 0 Å². The van der Waals surface area contributed by atoms with Crippen molar-refractivity contribution in [2.45, 2.75) is 0 Å². The monoisotopic (exact) mass is 362 g/mol. The SMILES string of the molecule is COc1cccc(Oc2c(N)nc(N3CCOCC3)nc2OCCO)c1. The Bertz CT molecular complexity index is 737. The fraction of sp³-hybridized carbons (Fsp3) is 0.412. The Labute approximate surface area is 151 Å². The highest BCUT2D eigenvalue weighted by Gasteiger charge is 2.21. The summed E-state index contributed by atoms with van der Waals surface area (Å²) in [5.74, 6) is 2.12. The predicted octanol–water partition coefficient (Wildman–Crippen LogP) is 1.07. The average molecular weight is 362 g/mol. The van der Waals surface area contributed by atoms with Crippen LogP contribution in [0.2, 0.25) is 0 Å². The third-order valence-electron chi connectivity index (χ3n) is 3.73. The lowest BCUT2D eigenvalue weighted by Gasteiger charge is -2.27. The summed E-state index contributed by atoms with van der Waals surface area (Å²) in [6.07, 6.45) is 0. The molecule has 0 bridgehead atoms. The molecule has 0 amide bonds. The topological polar surface area (TPSA) is 112 Å². The second kappa shape index (κ2) is 8.54. The number of morpholine rings is 1. The van der Waals surface area contributed by atoms with E-state index in [0.29, 0.717) is 43.8 Å². The molecule has 1 aliphatic heterocycles. The highest BCUT2D eigenvalue weighted by atomic mass is 16.5. The number of aliphatic hydroxyl groups is 1. The molecule has 1 saturated heterocycles. The Kier molecular flexibility index (Phi) is 5.92. The minimum atomic E-state index is -0.157. The van der Waals surface area contributed by atoms with Gasteiger partial charge in [0.2, 0.25) is 11.7 Å². The normalized spacial score (nSPS) is 14.2. The largest absolute Gasteiger partial charge is 0.497 e. The molecule has 1 aromatic carbocycles. The van der Waals surface area contributed by atoms with Gasteiger partial charge < -0.3 is 34.7 Å². The van der Waals surface area contributed by atoms with Gasteiger partial charge in [-0.2, -0.15) is 9.97 Å². The molecule has 0 radical (unpaired) electrons. The highest BCUT2D eigenvalue weighted by molar-refractivity contribution is 5.58. The number of anilines is 2. The molecule has 9 heteroatoms. The Balaban J connectivity index is 1.91. The summed E-state index contributed by atoms with van der Waals surface area (Å²) in [5.41, 5.74) is 6.11. The summed E-state index contributed by atoms with van der Waals surface area (Å²) in [6, 6.07) is 7.07. The van der Waals surface area contributed by atoms with Gasteiger partial charge in [-0.3, -0.25) is 0 Å². The van der Waals surface area contributed by atoms with Crippen LogP contribution in [0, 0.1) is 0 Å². The van der Waals surface area contributed by atoms with Crippen LogP contribution in [0.1, 0.15) is 0 Å². The first kappa shape index (κ1) is 18.0. The van der Waals surface area contributed by atoms with Crippen LogP contribution >= 0.6 is 0 Å². The quantitative estimate of drug-likeness (QED) is 0.746. The van der Waals surface area contributed by atoms with Gasteiger partial charge in [0.25, 0.3) is 5.88 Å². The molecule has 140 valence electrons. The van der Waals surface area contributed by atoms with Crippen molar-refractivity contribution in [1.29, 1.82) is 0 Å². The molecular formula is C17H22N4O5. The highest BCUT2D eigenvalue weighted by Crippen LogP contribution is 2.37. The summed E-state index contributed by atoms with van der Waals surface area (Å²) in [5, 5.41) is 9.08. The van der Waals surface area contributed by atoms with Crippen molar-refractivity contribution in [2.24, 2.45) is 0 Å². The smallest absolute Gasteiger partial charge is 0.265 e. The number of nitrogen functional groups attached to an aromatic ring is 1. The Morgan fingerprint density at radius 3 is 2.73 bits per heavy atom. The molecule has 1 aliphatic rings. The van der Waals surface area contributed by atoms with Crippen LogP contribution < -0.4 is 24.8 Å². The third kappa shape index (κ3) is 4.24. The number of aliphatic hydroxyl groups excluding tert-OH is 1. The van der Waals surface area contributed by atoms with Gasteiger partial charge in [0, 0.05) is 19.2 Å². The van der Waals surface area contributed by atoms with E-state index in [0.717, 1.165) is 0 Å². The number of ether oxygens (including phenoxy) is 4. The van der Waals surface area contributed by atoms with Crippen molar-refractivity contribution in [3.05, 3.63) is 24.3 Å². The minimum absolute atomic E-state index is 0.0630. The van der Waals surface area contributed by atoms with Crippen LogP contribution in [0.15, 0.2) is 24.3 Å². The summed E-state index contributed by atoms with van der Waals surface area (Å²) >= 11 is 0. The molecule has 2 heterocycles. The van der Waals surface area contributed by atoms with Crippen LogP contribution in [0.3, 0.4) is 0 Å². The van der Waals surface area contributed by atoms with Crippen LogP contribution in [0.5, 0.6) is 23.1 Å². The molecule has 3 rings (SSSR count). The van der Waals surface area contributed by atoms with E-state index in [2.05, 4.69) is 9.97 Å². The molecule has 0 spiro atoms. The first-order chi connectivity index (χ1) is 12.7. The van der Waals surface area contributed by atoms with Crippen molar-refractivity contribution in [2.75, 3.05) is 57.3 Å². The number of nitrogens with two attached hydrogens (primary N) is 1. The predicted molar refractivity (Wildman–Crippen MR) is 95.1 cm³/mol. The summed E-state index contributed by atoms with van der Waals surface area (Å²) in [4.78, 5) is 10.7. The minimum Gasteiger partial charge on any atom is -0.497 e. The van der Waals surface area contributed by atoms with Crippen molar-refractivity contribution >= 4 is 11.8 Å². The number of aromatic nitrogens is 2. The molecule has 1 fully saturated rings. The molecule has 0 unspecified atom stereocenters. The standard InChI is InChI=1S/C17H22N4O5/c1-23-12-3-2-4-13(11-12)26-14-15(18)19-17(20-16(14)25-10-7-22)21-5-8-24-9-6-21/h2-4,11,22H,5-10H2,1H3,(H2,18,19,20). The number of hydrogen-bond donors (Lipinski definition) is 2. The zero-order valence-corrected chi connectivity index (χ0v) is 14.6. The van der Waals surface area contributed by atoms with Crippen LogP contribution in [-0.4, -0.2) is 61.7 Å². The fourth-order valence-corrected chi connectivity index (χ4v) is 2.46. The van der Waals surface area contributed by atoms with Crippen molar-refractivity contribution in [3.63, 3.8) is 0 Å². The van der Waals surface area contributed by atoms with Gasteiger partial charge in [-0.05, 0) is 12.1 Å². The van der Waals surface area contributed by atoms with Crippen LogP contribution in [-0.2, 0) is 4.74 Å². The van der Waals surface area contributed by atoms with E-state index in [1.165, 1.54) is 0 Å². The second-order valence-electron chi connectivity index (χ2n) is 5.50. The van der Waals surface area contributed by atoms with E-state index in [1.807, 2.05) is 4.90 Å². The van der Waals surface area contributed by atoms with Crippen molar-refractivity contribution < 1.29 is 24.1 Å². The fourth-order valence-electron chi connectivity index (χ4n) is 2.46. The lowest BCUT2D eigenvalue weighted by atomic mass is 10.3. The lowest BCUT2D eigenvalue weighted by molar-refractivity contribution is 0.122. The van der Waals surface area contributed by atoms with Crippen molar-refractivity contribution in [3.8, 4) is 23.1 Å². The van der Waals surface area contributed by atoms with E-state index >= 15 is 0 Å². The maximum atomic E-state index is 9.08. The lowest BCUT2D eigenvalue weighted by Crippen LogP contribution is -2.37. The van der Waals surface area contributed by atoms with E-state index in [1.54, 1.807) is 31.4 Å². The zero-order chi connectivity index (χ0) is 18.4. The first-order valence-electron chi connectivity index (χ1n) is 8.27. The Morgan fingerprint density at radius 1 is 1.23 bits per heavy atom. The number of rotatable bonds is 7. The number of methoxy groups -OCH3 is 1. The van der Waals surface area contributed by atoms with Gasteiger partial charge in [0.1, 0.15) is 18.1 Å². The molecule has 9 nitrogen and oxygen atoms in total. The number of nitrogens with zero attached hydrogens (tertiary/aromatic N) is 3. The van der Waals surface area contributed by atoms with E-state index in [-0.39, 0.29) is 30.7 Å². The van der Waals surface area contributed by atoms with Gasteiger partial charge in [0.05, 0.1) is 26.9 Å². The van der Waals surface area contributed by atoms with E-state index < -0.39 is 0 Å². The molecule has 0 saturated carbocycles. The van der Waals surface area contributed by atoms with Crippen LogP contribution in [0.25, 0.3) is 0 Å². The third-order valence-corrected chi connectivity index (χ3v) is 3.73. The van der Waals surface area contributed by atoms with E-state index in [4.69, 9.17) is 29.8 Å². The average Bonchev–Trinajstić information content (AvgIpc) is 2.69. The molecule has 1 aromatic heterocycles. The molecule has 3 N–H and O–H groups in total. The van der Waals surface area contributed by atoms with Crippen molar-refractivity contribution in [1.82, 2.24) is 9.97 Å². The summed E-state index contributed by atoms with van der Waals surface area (Å²) in [7, 11) is 1.57. The maximum Gasteiger partial charge on any atom is 0.265 e. The van der Waals surface area contributed by atoms with Gasteiger partial charge in [-0.15, -0.1) is 0 Å². The zero-order valence-electron chi connectivity index (χ0n) is 14.6. The van der Waals surface area contributed by atoms with Gasteiger partial charge in [0.15, 0.2) is 5.82 Å². The van der Waals surface area contributed by atoms with E-state index in [9.17, 15) is 0 Å². The van der Waals surface area contributed by atoms with Crippen LogP contribution in [0.4, 0.5) is 11.8 Å². The molecule has 2 aromatic rings. The van der Waals surface area contributed by atoms with Gasteiger partial charge in [-0.1, -0.05) is 6.07 Å². The molecule has 0 atom stereocenters. The number of hydrogen-bond acceptors (Lipinski definition) is 9. The second-order valence-corrected chi connectivity index (χ2v) is 5.50. The summed E-state index contributed by atoms with van der Waals surface area (Å²) in [6.45, 7) is 2.42. The Morgan fingerprint density at radius 2 is 2.00 bits per heavy atom. The molecule has 26 heavy (non-hydrogen) atoms. The molecule has 0 aliphatic carbocycles. The summed E-state index contributed by atoms with van der Waals surface area (Å²) < 4.78 is 21.9. The molecular weight excluding hydrogens is 340 g/mol. The first-order valence-corrected chi connectivity index (χ1v) is 8.27.